The van der Waals surface area contributed by atoms with E-state index < -0.39 is 5.97 Å². The van der Waals surface area contributed by atoms with Crippen molar-refractivity contribution in [2.75, 3.05) is 12.0 Å². The first-order valence-corrected chi connectivity index (χ1v) is 7.84. The van der Waals surface area contributed by atoms with E-state index in [-0.39, 0.29) is 46.1 Å². The number of esters is 1. The van der Waals surface area contributed by atoms with Gasteiger partial charge in [0, 0.05) is 0 Å². The molecule has 0 unspecified atom stereocenters. The summed E-state index contributed by atoms with van der Waals surface area (Å²) in [6, 6.07) is 4.53. The van der Waals surface area contributed by atoms with Crippen LogP contribution in [0.15, 0.2) is 30.4 Å². The van der Waals surface area contributed by atoms with Crippen molar-refractivity contribution < 1.29 is 19.1 Å². The van der Waals surface area contributed by atoms with Gasteiger partial charge in [-0.05, 0) is 36.5 Å². The fourth-order valence-electron chi connectivity index (χ4n) is 4.08. The predicted molar refractivity (Wildman–Crippen MR) is 83.0 cm³/mol. The van der Waals surface area contributed by atoms with Gasteiger partial charge in [-0.1, -0.05) is 23.8 Å². The number of hydrogen-bond donors (Lipinski definition) is 0. The zero-order valence-electron chi connectivity index (χ0n) is 12.4. The molecule has 5 nitrogen and oxygen atoms in total. The molecular formula is C17H14ClNO4. The number of halogens is 1. The first-order valence-electron chi connectivity index (χ1n) is 7.47. The van der Waals surface area contributed by atoms with E-state index in [1.54, 1.807) is 6.07 Å². The topological polar surface area (TPSA) is 63.7 Å². The Bertz CT molecular complexity index is 742. The lowest BCUT2D eigenvalue weighted by Crippen LogP contribution is -2.33. The summed E-state index contributed by atoms with van der Waals surface area (Å²) in [5.74, 6) is -1.20. The summed E-state index contributed by atoms with van der Waals surface area (Å²) in [6.45, 7) is 0. The highest BCUT2D eigenvalue weighted by molar-refractivity contribution is 6.34. The molecule has 6 heteroatoms. The molecule has 1 aliphatic heterocycles. The number of imide groups is 1. The minimum atomic E-state index is -0.599. The lowest BCUT2D eigenvalue weighted by molar-refractivity contribution is -0.123. The Hall–Kier alpha value is -2.14. The van der Waals surface area contributed by atoms with E-state index in [0.29, 0.717) is 5.69 Å². The summed E-state index contributed by atoms with van der Waals surface area (Å²) < 4.78 is 4.69. The van der Waals surface area contributed by atoms with Gasteiger partial charge in [0.1, 0.15) is 0 Å². The highest BCUT2D eigenvalue weighted by atomic mass is 35.5. The second kappa shape index (κ2) is 4.93. The van der Waals surface area contributed by atoms with E-state index >= 15 is 0 Å². The van der Waals surface area contributed by atoms with Crippen LogP contribution in [-0.2, 0) is 14.3 Å². The number of nitrogens with zero attached hydrogens (tertiary/aromatic N) is 1. The van der Waals surface area contributed by atoms with Crippen LogP contribution in [0.4, 0.5) is 5.69 Å². The Morgan fingerprint density at radius 2 is 1.78 bits per heavy atom. The molecule has 1 heterocycles. The standard InChI is InChI=1S/C17H14ClNO4/c1-23-17(22)11-7-10(4-5-12(11)18)19-15(20)13-8-2-3-9(6-8)14(13)16(19)21/h2-5,7-9,13-14H,6H2,1H3/t8-,9-,13+,14+/m0/s1. The van der Waals surface area contributed by atoms with Gasteiger partial charge in [-0.15, -0.1) is 0 Å². The number of anilines is 1. The second-order valence-corrected chi connectivity index (χ2v) is 6.57. The zero-order chi connectivity index (χ0) is 16.3. The first kappa shape index (κ1) is 14.5. The van der Waals surface area contributed by atoms with Crippen molar-refractivity contribution in [3.8, 4) is 0 Å². The number of methoxy groups -OCH3 is 1. The Kier molecular flexibility index (Phi) is 3.10. The van der Waals surface area contributed by atoms with Gasteiger partial charge in [0.05, 0.1) is 35.2 Å². The van der Waals surface area contributed by atoms with Crippen molar-refractivity contribution in [3.05, 3.63) is 40.9 Å². The zero-order valence-corrected chi connectivity index (χ0v) is 13.1. The summed E-state index contributed by atoms with van der Waals surface area (Å²) in [4.78, 5) is 38.5. The third-order valence-electron chi connectivity index (χ3n) is 5.08. The van der Waals surface area contributed by atoms with Crippen LogP contribution in [0.25, 0.3) is 0 Å². The number of carbonyl (C=O) groups is 3. The molecular weight excluding hydrogens is 318 g/mol. The van der Waals surface area contributed by atoms with E-state index in [1.165, 1.54) is 24.1 Å². The largest absolute Gasteiger partial charge is 0.465 e. The smallest absolute Gasteiger partial charge is 0.339 e. The van der Waals surface area contributed by atoms with Crippen molar-refractivity contribution in [1.82, 2.24) is 0 Å². The molecule has 2 amide bonds. The molecule has 0 radical (unpaired) electrons. The number of allylic oxidation sites excluding steroid dienone is 2. The number of fused-ring (bicyclic) bond motifs is 5. The van der Waals surface area contributed by atoms with Gasteiger partial charge in [0.15, 0.2) is 0 Å². The van der Waals surface area contributed by atoms with E-state index in [2.05, 4.69) is 4.74 Å². The maximum Gasteiger partial charge on any atom is 0.339 e. The molecule has 1 saturated heterocycles. The Morgan fingerprint density at radius 3 is 2.35 bits per heavy atom. The lowest BCUT2D eigenvalue weighted by Gasteiger charge is -2.18. The third-order valence-corrected chi connectivity index (χ3v) is 5.41. The summed E-state index contributed by atoms with van der Waals surface area (Å²) in [5.41, 5.74) is 0.518. The Balaban J connectivity index is 1.73. The van der Waals surface area contributed by atoms with Crippen LogP contribution in [0, 0.1) is 23.7 Å². The van der Waals surface area contributed by atoms with E-state index in [9.17, 15) is 14.4 Å². The number of amides is 2. The molecule has 23 heavy (non-hydrogen) atoms. The van der Waals surface area contributed by atoms with Crippen molar-refractivity contribution in [2.45, 2.75) is 6.42 Å². The van der Waals surface area contributed by atoms with Crippen LogP contribution in [0.1, 0.15) is 16.8 Å². The van der Waals surface area contributed by atoms with Crippen molar-refractivity contribution >= 4 is 35.1 Å². The minimum absolute atomic E-state index is 0.144. The molecule has 0 spiro atoms. The van der Waals surface area contributed by atoms with Crippen LogP contribution >= 0.6 is 11.6 Å². The average molecular weight is 332 g/mol. The quantitative estimate of drug-likeness (QED) is 0.474. The van der Waals surface area contributed by atoms with Gasteiger partial charge in [-0.25, -0.2) is 9.69 Å². The lowest BCUT2D eigenvalue weighted by atomic mass is 9.85. The second-order valence-electron chi connectivity index (χ2n) is 6.17. The van der Waals surface area contributed by atoms with Crippen LogP contribution in [0.3, 0.4) is 0 Å². The van der Waals surface area contributed by atoms with Crippen LogP contribution < -0.4 is 4.90 Å². The molecule has 2 bridgehead atoms. The maximum atomic E-state index is 12.7. The van der Waals surface area contributed by atoms with Gasteiger partial charge in [0.25, 0.3) is 0 Å². The van der Waals surface area contributed by atoms with Gasteiger partial charge < -0.3 is 4.74 Å². The summed E-state index contributed by atoms with van der Waals surface area (Å²) in [7, 11) is 1.26. The molecule has 1 aromatic rings. The number of ether oxygens (including phenoxy) is 1. The molecule has 2 fully saturated rings. The predicted octanol–water partition coefficient (Wildman–Crippen LogP) is 2.44. The SMILES string of the molecule is COC(=O)c1cc(N2C(=O)[C@H]3[C@H](C2=O)[C@H]2C=C[C@H]3C2)ccc1Cl. The highest BCUT2D eigenvalue weighted by Gasteiger charge is 2.59. The van der Waals surface area contributed by atoms with Gasteiger partial charge in [0.2, 0.25) is 11.8 Å². The number of benzene rings is 1. The van der Waals surface area contributed by atoms with Crippen LogP contribution in [0.5, 0.6) is 0 Å². The summed E-state index contributed by atoms with van der Waals surface area (Å²) in [5, 5.41) is 0.224. The number of hydrogen-bond acceptors (Lipinski definition) is 4. The average Bonchev–Trinajstić information content (AvgIpc) is 3.22. The monoisotopic (exact) mass is 331 g/mol. The van der Waals surface area contributed by atoms with Gasteiger partial charge in [-0.3, -0.25) is 9.59 Å². The van der Waals surface area contributed by atoms with E-state index in [1.807, 2.05) is 12.2 Å². The molecule has 2 aliphatic carbocycles. The first-order chi connectivity index (χ1) is 11.0. The number of carbonyl (C=O) groups excluding carboxylic acids is 3. The molecule has 4 atom stereocenters. The van der Waals surface area contributed by atoms with Crippen molar-refractivity contribution in [1.29, 1.82) is 0 Å². The Morgan fingerprint density at radius 1 is 1.17 bits per heavy atom. The maximum absolute atomic E-state index is 12.7. The summed E-state index contributed by atoms with van der Waals surface area (Å²) in [6.07, 6.45) is 4.97. The van der Waals surface area contributed by atoms with Gasteiger partial charge in [-0.2, -0.15) is 0 Å². The molecule has 1 saturated carbocycles. The molecule has 1 aromatic carbocycles. The molecule has 3 aliphatic rings. The minimum Gasteiger partial charge on any atom is -0.465 e. The highest BCUT2D eigenvalue weighted by Crippen LogP contribution is 2.53. The normalized spacial score (nSPS) is 31.0. The van der Waals surface area contributed by atoms with Crippen LogP contribution in [-0.4, -0.2) is 24.9 Å². The Labute approximate surface area is 137 Å². The van der Waals surface area contributed by atoms with Crippen molar-refractivity contribution in [3.63, 3.8) is 0 Å². The van der Waals surface area contributed by atoms with E-state index in [0.717, 1.165) is 6.42 Å². The van der Waals surface area contributed by atoms with Gasteiger partial charge >= 0.3 is 5.97 Å². The summed E-state index contributed by atoms with van der Waals surface area (Å²) >= 11 is 6.00. The molecule has 4 rings (SSSR count). The van der Waals surface area contributed by atoms with E-state index in [4.69, 9.17) is 11.6 Å². The molecule has 0 aromatic heterocycles. The van der Waals surface area contributed by atoms with Crippen LogP contribution in [0.2, 0.25) is 5.02 Å². The fourth-order valence-corrected chi connectivity index (χ4v) is 4.27. The molecule has 118 valence electrons. The third kappa shape index (κ3) is 1.89. The molecule has 0 N–H and O–H groups in total. The number of rotatable bonds is 2. The fraction of sp³-hybridized carbons (Fsp3) is 0.353. The van der Waals surface area contributed by atoms with Crippen molar-refractivity contribution in [2.24, 2.45) is 23.7 Å².